The van der Waals surface area contributed by atoms with Gasteiger partial charge in [-0.1, -0.05) is 13.3 Å². The van der Waals surface area contributed by atoms with Crippen molar-refractivity contribution < 1.29 is 13.2 Å². The van der Waals surface area contributed by atoms with Crippen molar-refractivity contribution in [2.75, 3.05) is 32.1 Å². The monoisotopic (exact) mass is 339 g/mol. The van der Waals surface area contributed by atoms with E-state index in [2.05, 4.69) is 17.0 Å². The molecule has 0 aromatic heterocycles. The largest absolute Gasteiger partial charge is 0.385 e. The van der Waals surface area contributed by atoms with Gasteiger partial charge in [0.2, 0.25) is 10.0 Å². The van der Waals surface area contributed by atoms with Crippen LogP contribution in [0.3, 0.4) is 0 Å². The number of unbranched alkanes of at least 4 members (excludes halogenated alkanes) is 2. The lowest BCUT2D eigenvalue weighted by Gasteiger charge is -2.13. The zero-order valence-corrected chi connectivity index (χ0v) is 14.6. The molecular formula is C16H25N3O3S. The van der Waals surface area contributed by atoms with Crippen molar-refractivity contribution in [3.8, 4) is 6.07 Å². The van der Waals surface area contributed by atoms with E-state index in [9.17, 15) is 8.42 Å². The van der Waals surface area contributed by atoms with Crippen LogP contribution in [0.1, 0.15) is 38.2 Å². The van der Waals surface area contributed by atoms with Gasteiger partial charge in [-0.05, 0) is 37.5 Å². The molecule has 128 valence electrons. The Hall–Kier alpha value is -1.62. The fraction of sp³-hybridized carbons (Fsp3) is 0.562. The molecule has 0 bridgehead atoms. The predicted molar refractivity (Wildman–Crippen MR) is 90.9 cm³/mol. The van der Waals surface area contributed by atoms with E-state index in [0.29, 0.717) is 37.4 Å². The lowest BCUT2D eigenvalue weighted by molar-refractivity contribution is 0.193. The molecule has 1 aromatic carbocycles. The highest BCUT2D eigenvalue weighted by Gasteiger charge is 2.18. The van der Waals surface area contributed by atoms with E-state index in [4.69, 9.17) is 10.00 Å². The van der Waals surface area contributed by atoms with Crippen LogP contribution in [0.5, 0.6) is 0 Å². The molecule has 0 amide bonds. The molecule has 0 spiro atoms. The van der Waals surface area contributed by atoms with Crippen molar-refractivity contribution in [1.82, 2.24) is 4.72 Å². The van der Waals surface area contributed by atoms with E-state index in [1.165, 1.54) is 12.1 Å². The number of rotatable bonds is 11. The molecule has 0 radical (unpaired) electrons. The van der Waals surface area contributed by atoms with Crippen LogP contribution in [0, 0.1) is 11.3 Å². The molecule has 1 aromatic rings. The second-order valence-electron chi connectivity index (χ2n) is 5.20. The van der Waals surface area contributed by atoms with Gasteiger partial charge in [0, 0.05) is 26.8 Å². The fourth-order valence-corrected chi connectivity index (χ4v) is 3.26. The topological polar surface area (TPSA) is 91.2 Å². The zero-order valence-electron chi connectivity index (χ0n) is 13.8. The highest BCUT2D eigenvalue weighted by Crippen LogP contribution is 2.22. The molecule has 6 nitrogen and oxygen atoms in total. The number of hydrogen-bond acceptors (Lipinski definition) is 5. The normalized spacial score (nSPS) is 11.2. The Morgan fingerprint density at radius 3 is 2.65 bits per heavy atom. The lowest BCUT2D eigenvalue weighted by atomic mass is 10.2. The number of nitriles is 1. The molecule has 0 aliphatic heterocycles. The maximum Gasteiger partial charge on any atom is 0.242 e. The summed E-state index contributed by atoms with van der Waals surface area (Å²) in [5, 5.41) is 12.1. The Labute approximate surface area is 138 Å². The molecule has 1 rings (SSSR count). The Bertz CT molecular complexity index is 624. The number of ether oxygens (including phenoxy) is 1. The summed E-state index contributed by atoms with van der Waals surface area (Å²) in [5.41, 5.74) is 0.907. The van der Waals surface area contributed by atoms with Gasteiger partial charge in [-0.2, -0.15) is 5.26 Å². The Kier molecular flexibility index (Phi) is 8.62. The second kappa shape index (κ2) is 10.2. The summed E-state index contributed by atoms with van der Waals surface area (Å²) in [6.45, 7) is 3.71. The third-order valence-corrected chi connectivity index (χ3v) is 4.83. The van der Waals surface area contributed by atoms with Gasteiger partial charge in [0.05, 0.1) is 17.3 Å². The summed E-state index contributed by atoms with van der Waals surface area (Å²) in [7, 11) is -1.98. The van der Waals surface area contributed by atoms with Crippen molar-refractivity contribution >= 4 is 15.7 Å². The van der Waals surface area contributed by atoms with Crippen LogP contribution in [0.2, 0.25) is 0 Å². The third-order valence-electron chi connectivity index (χ3n) is 3.31. The number of nitrogens with one attached hydrogen (secondary N) is 2. The van der Waals surface area contributed by atoms with Crippen molar-refractivity contribution in [3.05, 3.63) is 23.8 Å². The van der Waals surface area contributed by atoms with Gasteiger partial charge in [-0.15, -0.1) is 0 Å². The molecule has 0 fully saturated rings. The van der Waals surface area contributed by atoms with Crippen LogP contribution in [-0.4, -0.2) is 35.2 Å². The van der Waals surface area contributed by atoms with E-state index in [1.807, 2.05) is 6.07 Å². The maximum absolute atomic E-state index is 12.5. The van der Waals surface area contributed by atoms with Crippen LogP contribution in [0.4, 0.5) is 5.69 Å². The average molecular weight is 339 g/mol. The second-order valence-corrected chi connectivity index (χ2v) is 6.94. The molecule has 7 heteroatoms. The quantitative estimate of drug-likeness (QED) is 0.604. The Balaban J connectivity index is 2.84. The van der Waals surface area contributed by atoms with Gasteiger partial charge in [0.1, 0.15) is 4.90 Å². The van der Waals surface area contributed by atoms with E-state index >= 15 is 0 Å². The van der Waals surface area contributed by atoms with Gasteiger partial charge in [-0.3, -0.25) is 0 Å². The molecule has 2 N–H and O–H groups in total. The minimum absolute atomic E-state index is 0.180. The molecular weight excluding hydrogens is 314 g/mol. The zero-order chi connectivity index (χ0) is 17.1. The fourth-order valence-electron chi connectivity index (χ4n) is 2.03. The Morgan fingerprint density at radius 1 is 1.22 bits per heavy atom. The molecule has 0 atom stereocenters. The summed E-state index contributed by atoms with van der Waals surface area (Å²) in [4.78, 5) is 0.180. The van der Waals surface area contributed by atoms with Crippen LogP contribution >= 0.6 is 0 Å². The first-order valence-electron chi connectivity index (χ1n) is 7.81. The summed E-state index contributed by atoms with van der Waals surface area (Å²) < 4.78 is 32.4. The Morgan fingerprint density at radius 2 is 2.00 bits per heavy atom. The summed E-state index contributed by atoms with van der Waals surface area (Å²) in [6.07, 6.45) is 3.45. The van der Waals surface area contributed by atoms with Crippen LogP contribution in [0.15, 0.2) is 23.1 Å². The molecule has 0 unspecified atom stereocenters. The standard InChI is InChI=1S/C16H25N3O3S/c1-3-4-9-18-15-12-14(13-17)7-8-16(15)23(20,21)19-10-5-6-11-22-2/h7-8,12,18-19H,3-6,9-11H2,1-2H3. The smallest absolute Gasteiger partial charge is 0.242 e. The SMILES string of the molecule is CCCCNc1cc(C#N)ccc1S(=O)(=O)NCCCCOC. The summed E-state index contributed by atoms with van der Waals surface area (Å²) in [6, 6.07) is 6.61. The van der Waals surface area contributed by atoms with E-state index < -0.39 is 10.0 Å². The minimum Gasteiger partial charge on any atom is -0.385 e. The van der Waals surface area contributed by atoms with Crippen LogP contribution in [-0.2, 0) is 14.8 Å². The molecule has 0 aliphatic rings. The van der Waals surface area contributed by atoms with E-state index in [0.717, 1.165) is 19.3 Å². The number of nitrogens with zero attached hydrogens (tertiary/aromatic N) is 1. The van der Waals surface area contributed by atoms with Gasteiger partial charge < -0.3 is 10.1 Å². The molecule has 0 heterocycles. The predicted octanol–water partition coefficient (Wildman–Crippen LogP) is 2.48. The summed E-state index contributed by atoms with van der Waals surface area (Å²) >= 11 is 0. The number of anilines is 1. The maximum atomic E-state index is 12.5. The van der Waals surface area contributed by atoms with Gasteiger partial charge in [-0.25, -0.2) is 13.1 Å². The van der Waals surface area contributed by atoms with Crippen molar-refractivity contribution in [2.45, 2.75) is 37.5 Å². The molecule has 0 saturated carbocycles. The van der Waals surface area contributed by atoms with Gasteiger partial charge in [0.25, 0.3) is 0 Å². The first-order chi connectivity index (χ1) is 11.0. The first-order valence-corrected chi connectivity index (χ1v) is 9.30. The number of benzene rings is 1. The van der Waals surface area contributed by atoms with Crippen molar-refractivity contribution in [2.24, 2.45) is 0 Å². The minimum atomic E-state index is -3.60. The third kappa shape index (κ3) is 6.57. The van der Waals surface area contributed by atoms with Crippen LogP contribution < -0.4 is 10.0 Å². The van der Waals surface area contributed by atoms with Gasteiger partial charge >= 0.3 is 0 Å². The van der Waals surface area contributed by atoms with Gasteiger partial charge in [0.15, 0.2) is 0 Å². The van der Waals surface area contributed by atoms with Crippen LogP contribution in [0.25, 0.3) is 0 Å². The number of hydrogen-bond donors (Lipinski definition) is 2. The number of methoxy groups -OCH3 is 1. The highest BCUT2D eigenvalue weighted by molar-refractivity contribution is 7.89. The van der Waals surface area contributed by atoms with Crippen molar-refractivity contribution in [3.63, 3.8) is 0 Å². The average Bonchev–Trinajstić information content (AvgIpc) is 2.54. The summed E-state index contributed by atoms with van der Waals surface area (Å²) in [5.74, 6) is 0. The first kappa shape index (κ1) is 19.4. The molecule has 0 saturated heterocycles. The molecule has 0 aliphatic carbocycles. The van der Waals surface area contributed by atoms with E-state index in [-0.39, 0.29) is 4.90 Å². The lowest BCUT2D eigenvalue weighted by Crippen LogP contribution is -2.26. The number of sulfonamides is 1. The highest BCUT2D eigenvalue weighted by atomic mass is 32.2. The van der Waals surface area contributed by atoms with Crippen molar-refractivity contribution in [1.29, 1.82) is 5.26 Å². The molecule has 23 heavy (non-hydrogen) atoms. The van der Waals surface area contributed by atoms with E-state index in [1.54, 1.807) is 13.2 Å².